The molecular formula is C10H16N2O2S. The number of hydrogen-bond acceptors (Lipinski definition) is 3. The first kappa shape index (κ1) is 12.1. The second-order valence-electron chi connectivity index (χ2n) is 3.81. The summed E-state index contributed by atoms with van der Waals surface area (Å²) in [6.07, 6.45) is 0. The average molecular weight is 228 g/mol. The van der Waals surface area contributed by atoms with Gasteiger partial charge in [0.15, 0.2) is 0 Å². The van der Waals surface area contributed by atoms with Crippen molar-refractivity contribution in [2.75, 3.05) is 0 Å². The Bertz CT molecular complexity index is 457. The van der Waals surface area contributed by atoms with Gasteiger partial charge in [0.2, 0.25) is 10.0 Å². The number of pyridine rings is 1. The van der Waals surface area contributed by atoms with Gasteiger partial charge in [0.1, 0.15) is 0 Å². The third-order valence-corrected chi connectivity index (χ3v) is 3.70. The first-order chi connectivity index (χ1) is 6.73. The number of rotatable bonds is 2. The molecule has 0 aliphatic heterocycles. The standard InChI is InChI=1S/C10H16N2O2S/c1-6-5-7(2)12-8(3)10(6)9(4)15(11,13)14/h5,9H,1-4H3,(H2,11,13,14). The predicted molar refractivity (Wildman–Crippen MR) is 60.0 cm³/mol. The quantitative estimate of drug-likeness (QED) is 0.830. The highest BCUT2D eigenvalue weighted by Gasteiger charge is 2.22. The molecule has 1 aromatic rings. The number of hydrogen-bond donors (Lipinski definition) is 1. The van der Waals surface area contributed by atoms with Gasteiger partial charge in [-0.05, 0) is 44.9 Å². The summed E-state index contributed by atoms with van der Waals surface area (Å²) in [5.41, 5.74) is 3.24. The van der Waals surface area contributed by atoms with Crippen LogP contribution in [0.4, 0.5) is 0 Å². The molecule has 0 fully saturated rings. The molecule has 0 radical (unpaired) electrons. The van der Waals surface area contributed by atoms with E-state index in [4.69, 9.17) is 5.14 Å². The largest absolute Gasteiger partial charge is 0.258 e. The lowest BCUT2D eigenvalue weighted by Gasteiger charge is -2.15. The number of nitrogens with zero attached hydrogens (tertiary/aromatic N) is 1. The van der Waals surface area contributed by atoms with Crippen LogP contribution in [0.2, 0.25) is 0 Å². The molecule has 1 unspecified atom stereocenters. The minimum atomic E-state index is -3.55. The number of aromatic nitrogens is 1. The smallest absolute Gasteiger partial charge is 0.215 e. The molecule has 0 aliphatic rings. The van der Waals surface area contributed by atoms with Crippen molar-refractivity contribution in [3.05, 3.63) is 28.6 Å². The molecule has 1 rings (SSSR count). The van der Waals surface area contributed by atoms with E-state index in [1.807, 2.05) is 19.9 Å². The first-order valence-electron chi connectivity index (χ1n) is 4.70. The Labute approximate surface area is 90.6 Å². The molecule has 0 saturated carbocycles. The number of primary sulfonamides is 1. The molecule has 0 bridgehead atoms. The molecule has 4 nitrogen and oxygen atoms in total. The van der Waals surface area contributed by atoms with E-state index in [1.165, 1.54) is 0 Å². The fourth-order valence-corrected chi connectivity index (χ4v) is 2.50. The third kappa shape index (κ3) is 2.54. The topological polar surface area (TPSA) is 73.1 Å². The van der Waals surface area contributed by atoms with Crippen LogP contribution in [0.25, 0.3) is 0 Å². The van der Waals surface area contributed by atoms with Gasteiger partial charge in [-0.3, -0.25) is 4.98 Å². The van der Waals surface area contributed by atoms with Crippen LogP contribution in [0.15, 0.2) is 6.07 Å². The summed E-state index contributed by atoms with van der Waals surface area (Å²) in [6, 6.07) is 1.87. The Balaban J connectivity index is 3.39. The van der Waals surface area contributed by atoms with E-state index >= 15 is 0 Å². The summed E-state index contributed by atoms with van der Waals surface area (Å²) >= 11 is 0. The Hall–Kier alpha value is -0.940. The van der Waals surface area contributed by atoms with Crippen molar-refractivity contribution in [1.29, 1.82) is 0 Å². The molecule has 1 heterocycles. The van der Waals surface area contributed by atoms with Gasteiger partial charge in [0.05, 0.1) is 5.25 Å². The van der Waals surface area contributed by atoms with Crippen LogP contribution in [0, 0.1) is 20.8 Å². The normalized spacial score (nSPS) is 13.9. The number of nitrogens with two attached hydrogens (primary N) is 1. The number of sulfonamides is 1. The van der Waals surface area contributed by atoms with E-state index in [9.17, 15) is 8.42 Å². The second-order valence-corrected chi connectivity index (χ2v) is 5.70. The van der Waals surface area contributed by atoms with Crippen molar-refractivity contribution in [1.82, 2.24) is 4.98 Å². The molecule has 0 spiro atoms. The molecule has 15 heavy (non-hydrogen) atoms. The lowest BCUT2D eigenvalue weighted by molar-refractivity contribution is 0.587. The molecule has 0 saturated heterocycles. The highest BCUT2D eigenvalue weighted by atomic mass is 32.2. The van der Waals surface area contributed by atoms with Gasteiger partial charge in [-0.2, -0.15) is 0 Å². The van der Waals surface area contributed by atoms with Crippen LogP contribution in [-0.4, -0.2) is 13.4 Å². The molecule has 84 valence electrons. The van der Waals surface area contributed by atoms with Crippen LogP contribution in [0.1, 0.15) is 34.7 Å². The zero-order valence-corrected chi connectivity index (χ0v) is 10.2. The van der Waals surface area contributed by atoms with Gasteiger partial charge in [-0.1, -0.05) is 0 Å². The van der Waals surface area contributed by atoms with Crippen molar-refractivity contribution in [3.8, 4) is 0 Å². The van der Waals surface area contributed by atoms with E-state index in [0.717, 1.165) is 17.0 Å². The molecule has 1 aromatic heterocycles. The van der Waals surface area contributed by atoms with E-state index in [1.54, 1.807) is 13.8 Å². The summed E-state index contributed by atoms with van der Waals surface area (Å²) < 4.78 is 22.5. The van der Waals surface area contributed by atoms with Crippen LogP contribution in [-0.2, 0) is 10.0 Å². The zero-order valence-electron chi connectivity index (χ0n) is 9.40. The maximum Gasteiger partial charge on any atom is 0.215 e. The number of aryl methyl sites for hydroxylation is 3. The maximum atomic E-state index is 11.3. The fourth-order valence-electron chi connectivity index (χ4n) is 1.81. The average Bonchev–Trinajstić information content (AvgIpc) is 1.99. The van der Waals surface area contributed by atoms with Gasteiger partial charge < -0.3 is 0 Å². The van der Waals surface area contributed by atoms with Gasteiger partial charge in [0, 0.05) is 11.4 Å². The van der Waals surface area contributed by atoms with Crippen LogP contribution in [0.3, 0.4) is 0 Å². The molecule has 5 heteroatoms. The molecule has 2 N–H and O–H groups in total. The first-order valence-corrected chi connectivity index (χ1v) is 6.30. The third-order valence-electron chi connectivity index (χ3n) is 2.48. The Morgan fingerprint density at radius 2 is 1.87 bits per heavy atom. The summed E-state index contributed by atoms with van der Waals surface area (Å²) in [6.45, 7) is 7.14. The fraction of sp³-hybridized carbons (Fsp3) is 0.500. The molecular weight excluding hydrogens is 212 g/mol. The van der Waals surface area contributed by atoms with Gasteiger partial charge in [0.25, 0.3) is 0 Å². The predicted octanol–water partition coefficient (Wildman–Crippen LogP) is 1.36. The molecule has 0 aliphatic carbocycles. The van der Waals surface area contributed by atoms with E-state index in [2.05, 4.69) is 4.98 Å². The molecule has 0 amide bonds. The Kier molecular flexibility index (Phi) is 3.16. The maximum absolute atomic E-state index is 11.3. The van der Waals surface area contributed by atoms with Gasteiger partial charge in [-0.25, -0.2) is 13.6 Å². The minimum absolute atomic E-state index is 0.703. The lowest BCUT2D eigenvalue weighted by Crippen LogP contribution is -2.21. The van der Waals surface area contributed by atoms with E-state index in [-0.39, 0.29) is 0 Å². The molecule has 0 aromatic carbocycles. The Morgan fingerprint density at radius 1 is 1.33 bits per heavy atom. The highest BCUT2D eigenvalue weighted by molar-refractivity contribution is 7.89. The van der Waals surface area contributed by atoms with Crippen molar-refractivity contribution >= 4 is 10.0 Å². The van der Waals surface area contributed by atoms with Gasteiger partial charge >= 0.3 is 0 Å². The Morgan fingerprint density at radius 3 is 2.27 bits per heavy atom. The monoisotopic (exact) mass is 228 g/mol. The van der Waals surface area contributed by atoms with Crippen molar-refractivity contribution in [3.63, 3.8) is 0 Å². The summed E-state index contributed by atoms with van der Waals surface area (Å²) in [5.74, 6) is 0. The summed E-state index contributed by atoms with van der Waals surface area (Å²) in [7, 11) is -3.55. The van der Waals surface area contributed by atoms with Crippen molar-refractivity contribution in [2.24, 2.45) is 5.14 Å². The molecule has 1 atom stereocenters. The van der Waals surface area contributed by atoms with Crippen molar-refractivity contribution in [2.45, 2.75) is 32.9 Å². The second kappa shape index (κ2) is 3.90. The SMILES string of the molecule is Cc1cc(C)c(C(C)S(N)(=O)=O)c(C)n1. The van der Waals surface area contributed by atoms with Gasteiger partial charge in [-0.15, -0.1) is 0 Å². The highest BCUT2D eigenvalue weighted by Crippen LogP contribution is 2.25. The summed E-state index contributed by atoms with van der Waals surface area (Å²) in [5, 5.41) is 4.43. The van der Waals surface area contributed by atoms with Crippen LogP contribution in [0.5, 0.6) is 0 Å². The van der Waals surface area contributed by atoms with E-state index < -0.39 is 15.3 Å². The zero-order chi connectivity index (χ0) is 11.8. The van der Waals surface area contributed by atoms with E-state index in [0.29, 0.717) is 5.56 Å². The minimum Gasteiger partial charge on any atom is -0.258 e. The van der Waals surface area contributed by atoms with Crippen LogP contribution < -0.4 is 5.14 Å². The van der Waals surface area contributed by atoms with Crippen molar-refractivity contribution < 1.29 is 8.42 Å². The van der Waals surface area contributed by atoms with Crippen LogP contribution >= 0.6 is 0 Å². The summed E-state index contributed by atoms with van der Waals surface area (Å²) in [4.78, 5) is 4.25. The lowest BCUT2D eigenvalue weighted by atomic mass is 10.0.